The molecule has 37 heavy (non-hydrogen) atoms. The molecule has 1 atom stereocenters. The van der Waals surface area contributed by atoms with Crippen LogP contribution in [0.25, 0.3) is 0 Å². The van der Waals surface area contributed by atoms with Gasteiger partial charge in [0.15, 0.2) is 5.78 Å². The number of benzene rings is 2. The molecular formula is C27H25ClFN3O4S. The van der Waals surface area contributed by atoms with Gasteiger partial charge in [0.25, 0.3) is 10.0 Å². The van der Waals surface area contributed by atoms with Gasteiger partial charge < -0.3 is 4.90 Å². The Morgan fingerprint density at radius 2 is 1.97 bits per heavy atom. The van der Waals surface area contributed by atoms with Crippen molar-refractivity contribution >= 4 is 39.0 Å². The van der Waals surface area contributed by atoms with Crippen LogP contribution in [0.2, 0.25) is 5.02 Å². The Morgan fingerprint density at radius 1 is 1.19 bits per heavy atom. The van der Waals surface area contributed by atoms with E-state index in [-0.39, 0.29) is 40.4 Å². The number of carbonyl (C=O) groups is 2. The van der Waals surface area contributed by atoms with Crippen molar-refractivity contribution in [2.75, 3.05) is 17.4 Å². The molecule has 0 spiro atoms. The van der Waals surface area contributed by atoms with Gasteiger partial charge in [-0.05, 0) is 54.8 Å². The van der Waals surface area contributed by atoms with Crippen LogP contribution in [0, 0.1) is 12.7 Å². The highest BCUT2D eigenvalue weighted by atomic mass is 35.5. The normalized spacial score (nSPS) is 17.7. The van der Waals surface area contributed by atoms with Gasteiger partial charge in [0.05, 0.1) is 39.4 Å². The zero-order valence-electron chi connectivity index (χ0n) is 20.2. The first-order valence-corrected chi connectivity index (χ1v) is 13.8. The largest absolute Gasteiger partial charge is 0.337 e. The molecule has 0 bridgehead atoms. The highest BCUT2D eigenvalue weighted by molar-refractivity contribution is 7.92. The van der Waals surface area contributed by atoms with Gasteiger partial charge in [-0.2, -0.15) is 0 Å². The van der Waals surface area contributed by atoms with Crippen molar-refractivity contribution in [2.24, 2.45) is 0 Å². The number of carbonyl (C=O) groups excluding carboxylic acids is 2. The Kier molecular flexibility index (Phi) is 6.76. The average molecular weight is 542 g/mol. The fourth-order valence-electron chi connectivity index (χ4n) is 5.00. The minimum absolute atomic E-state index is 0.00494. The molecule has 1 amide bonds. The number of Topliss-reactive ketones (excluding diaryl/α,β-unsaturated/α-hetero) is 1. The third-order valence-corrected chi connectivity index (χ3v) is 8.90. The number of nitrogens with zero attached hydrogens (tertiary/aromatic N) is 3. The number of rotatable bonds is 6. The van der Waals surface area contributed by atoms with Gasteiger partial charge in [0.1, 0.15) is 5.82 Å². The lowest BCUT2D eigenvalue weighted by atomic mass is 9.99. The fraction of sp³-hybridized carbons (Fsp3) is 0.296. The Hall–Kier alpha value is -3.30. The molecule has 192 valence electrons. The summed E-state index contributed by atoms with van der Waals surface area (Å²) >= 11 is 6.06. The van der Waals surface area contributed by atoms with E-state index >= 15 is 0 Å². The van der Waals surface area contributed by atoms with Gasteiger partial charge in [-0.1, -0.05) is 29.8 Å². The topological polar surface area (TPSA) is 87.7 Å². The molecule has 2 aliphatic heterocycles. The number of ketones is 1. The first-order valence-electron chi connectivity index (χ1n) is 12.0. The van der Waals surface area contributed by atoms with Gasteiger partial charge in [0.2, 0.25) is 5.91 Å². The minimum Gasteiger partial charge on any atom is -0.337 e. The van der Waals surface area contributed by atoms with E-state index in [1.54, 1.807) is 23.1 Å². The minimum atomic E-state index is -4.00. The van der Waals surface area contributed by atoms with Crippen LogP contribution in [0.4, 0.5) is 10.1 Å². The molecule has 5 rings (SSSR count). The first kappa shape index (κ1) is 25.4. The second kappa shape index (κ2) is 9.87. The maximum Gasteiger partial charge on any atom is 0.264 e. The molecule has 10 heteroatoms. The summed E-state index contributed by atoms with van der Waals surface area (Å²) < 4.78 is 43.3. The summed E-state index contributed by atoms with van der Waals surface area (Å²) in [4.78, 5) is 31.8. The molecule has 3 heterocycles. The molecule has 7 nitrogen and oxygen atoms in total. The van der Waals surface area contributed by atoms with Crippen LogP contribution in [0.5, 0.6) is 0 Å². The molecule has 3 aromatic rings. The van der Waals surface area contributed by atoms with Crippen LogP contribution in [-0.2, 0) is 27.7 Å². The number of sulfonamides is 1. The monoisotopic (exact) mass is 541 g/mol. The van der Waals surface area contributed by atoms with E-state index in [0.29, 0.717) is 36.3 Å². The molecule has 0 saturated carbocycles. The molecule has 2 aliphatic rings. The summed E-state index contributed by atoms with van der Waals surface area (Å²) in [6.07, 6.45) is 2.87. The zero-order chi connectivity index (χ0) is 26.3. The molecule has 2 aromatic carbocycles. The number of halogens is 2. The van der Waals surface area contributed by atoms with E-state index < -0.39 is 21.6 Å². The summed E-state index contributed by atoms with van der Waals surface area (Å²) in [6, 6.07) is 11.9. The second-order valence-corrected chi connectivity index (χ2v) is 11.7. The Labute approximate surface area is 219 Å². The fourth-order valence-corrected chi connectivity index (χ4v) is 6.90. The molecule has 0 aliphatic carbocycles. The van der Waals surface area contributed by atoms with Gasteiger partial charge in [-0.3, -0.25) is 18.9 Å². The highest BCUT2D eigenvalue weighted by Gasteiger charge is 2.39. The maximum absolute atomic E-state index is 14.3. The summed E-state index contributed by atoms with van der Waals surface area (Å²) in [7, 11) is -4.00. The van der Waals surface area contributed by atoms with Gasteiger partial charge in [0, 0.05) is 32.0 Å². The van der Waals surface area contributed by atoms with E-state index in [1.807, 2.05) is 13.0 Å². The van der Waals surface area contributed by atoms with Crippen LogP contribution >= 0.6 is 11.6 Å². The van der Waals surface area contributed by atoms with E-state index in [2.05, 4.69) is 4.98 Å². The van der Waals surface area contributed by atoms with Crippen molar-refractivity contribution in [3.05, 3.63) is 88.0 Å². The van der Waals surface area contributed by atoms with Gasteiger partial charge >= 0.3 is 0 Å². The number of fused-ring (bicyclic) bond motifs is 1. The van der Waals surface area contributed by atoms with Gasteiger partial charge in [-0.15, -0.1) is 0 Å². The van der Waals surface area contributed by atoms with Crippen molar-refractivity contribution in [3.8, 4) is 0 Å². The van der Waals surface area contributed by atoms with Crippen molar-refractivity contribution in [2.45, 2.75) is 43.5 Å². The molecule has 1 saturated heterocycles. The number of likely N-dealkylation sites (tertiary alicyclic amines) is 1. The summed E-state index contributed by atoms with van der Waals surface area (Å²) in [5.74, 6) is -1.25. The van der Waals surface area contributed by atoms with Crippen molar-refractivity contribution in [1.82, 2.24) is 9.88 Å². The van der Waals surface area contributed by atoms with Crippen molar-refractivity contribution < 1.29 is 22.4 Å². The summed E-state index contributed by atoms with van der Waals surface area (Å²) in [5.41, 5.74) is 1.90. The molecule has 1 aromatic heterocycles. The number of amides is 1. The average Bonchev–Trinajstić information content (AvgIpc) is 3.29. The van der Waals surface area contributed by atoms with Crippen molar-refractivity contribution in [1.29, 1.82) is 0 Å². The quantitative estimate of drug-likeness (QED) is 0.433. The van der Waals surface area contributed by atoms with Crippen LogP contribution in [-0.4, -0.2) is 49.1 Å². The van der Waals surface area contributed by atoms with E-state index in [0.717, 1.165) is 12.0 Å². The predicted molar refractivity (Wildman–Crippen MR) is 138 cm³/mol. The first-order chi connectivity index (χ1) is 17.6. The molecule has 0 unspecified atom stereocenters. The predicted octanol–water partition coefficient (Wildman–Crippen LogP) is 4.35. The van der Waals surface area contributed by atoms with E-state index in [1.165, 1.54) is 34.8 Å². The van der Waals surface area contributed by atoms with Crippen LogP contribution in [0.1, 0.15) is 40.0 Å². The van der Waals surface area contributed by atoms with Crippen molar-refractivity contribution in [3.63, 3.8) is 0 Å². The Balaban J connectivity index is 1.54. The summed E-state index contributed by atoms with van der Waals surface area (Å²) in [5, 5.41) is 0.0118. The number of hydrogen-bond donors (Lipinski definition) is 0. The second-order valence-electron chi connectivity index (χ2n) is 9.41. The molecule has 0 radical (unpaired) electrons. The standard InChI is InChI=1S/C27H25ClFN3O4S/c1-17-5-2-6-20(11-17)37(35,36)32-16-19(31-10-4-9-26(31)34)14-23-24(32)12-18(15-30-23)13-25(33)27-21(28)7-3-8-22(27)29/h2-3,5-8,11-12,15,19H,4,9-10,13-14,16H2,1H3/t19-/m0/s1. The lowest BCUT2D eigenvalue weighted by Crippen LogP contribution is -2.51. The highest BCUT2D eigenvalue weighted by Crippen LogP contribution is 2.35. The Bertz CT molecular complexity index is 1490. The number of anilines is 1. The van der Waals surface area contributed by atoms with Crippen LogP contribution in [0.15, 0.2) is 59.6 Å². The Morgan fingerprint density at radius 3 is 2.68 bits per heavy atom. The molecular weight excluding hydrogens is 517 g/mol. The van der Waals surface area contributed by atoms with Crippen LogP contribution < -0.4 is 4.31 Å². The smallest absolute Gasteiger partial charge is 0.264 e. The molecule has 1 fully saturated rings. The number of aryl methyl sites for hydroxylation is 1. The van der Waals surface area contributed by atoms with E-state index in [9.17, 15) is 22.4 Å². The van der Waals surface area contributed by atoms with E-state index in [4.69, 9.17) is 11.6 Å². The maximum atomic E-state index is 14.3. The molecule has 0 N–H and O–H groups in total. The van der Waals surface area contributed by atoms with Gasteiger partial charge in [-0.25, -0.2) is 12.8 Å². The lowest BCUT2D eigenvalue weighted by molar-refractivity contribution is -0.129. The third-order valence-electron chi connectivity index (χ3n) is 6.81. The number of pyridine rings is 1. The van der Waals surface area contributed by atoms with Crippen LogP contribution in [0.3, 0.4) is 0 Å². The summed E-state index contributed by atoms with van der Waals surface area (Å²) in [6.45, 7) is 2.47. The SMILES string of the molecule is Cc1cccc(S(=O)(=O)N2C[C@@H](N3CCCC3=O)Cc3ncc(CC(=O)c4c(F)cccc4Cl)cc32)c1. The lowest BCUT2D eigenvalue weighted by Gasteiger charge is -2.38. The third kappa shape index (κ3) is 4.85. The zero-order valence-corrected chi connectivity index (χ0v) is 21.7. The number of aromatic nitrogens is 1. The number of hydrogen-bond acceptors (Lipinski definition) is 5.